The average Bonchev–Trinajstić information content (AvgIpc) is 2.60. The van der Waals surface area contributed by atoms with E-state index in [1.54, 1.807) is 30.3 Å². The van der Waals surface area contributed by atoms with Crippen molar-refractivity contribution >= 4 is 23.3 Å². The Kier molecular flexibility index (Phi) is 5.12. The van der Waals surface area contributed by atoms with E-state index in [1.165, 1.54) is 11.1 Å². The van der Waals surface area contributed by atoms with E-state index in [1.807, 2.05) is 13.0 Å². The van der Waals surface area contributed by atoms with Crippen LogP contribution >= 0.6 is 0 Å². The van der Waals surface area contributed by atoms with Crippen molar-refractivity contribution < 1.29 is 9.90 Å². The minimum atomic E-state index is -0.965. The second-order valence-electron chi connectivity index (χ2n) is 6.04. The molecule has 6 heteroatoms. The fourth-order valence-electron chi connectivity index (χ4n) is 2.61. The predicted molar refractivity (Wildman–Crippen MR) is 102 cm³/mol. The van der Waals surface area contributed by atoms with E-state index in [9.17, 15) is 4.79 Å². The third-order valence-electron chi connectivity index (χ3n) is 3.78. The Morgan fingerprint density at radius 3 is 2.54 bits per heavy atom. The molecule has 0 unspecified atom stereocenters. The van der Waals surface area contributed by atoms with Crippen LogP contribution in [-0.4, -0.2) is 21.0 Å². The first-order valence-electron chi connectivity index (χ1n) is 8.25. The number of benzene rings is 2. The van der Waals surface area contributed by atoms with Gasteiger partial charge >= 0.3 is 5.97 Å². The van der Waals surface area contributed by atoms with E-state index in [4.69, 9.17) is 5.11 Å². The molecule has 0 fully saturated rings. The van der Waals surface area contributed by atoms with Gasteiger partial charge in [0.2, 0.25) is 0 Å². The lowest BCUT2D eigenvalue weighted by Gasteiger charge is -2.11. The standard InChI is InChI=1S/C20H20N4O2/c1-13-5-3-6-15(9-13)12-21-18-11-19(23-14(2)22-18)24-17-8-4-7-16(10-17)20(25)26/h3-11H,12H2,1-2H3,(H,25,26)(H2,21,22,23,24). The maximum atomic E-state index is 11.1. The molecule has 3 N–H and O–H groups in total. The first-order valence-corrected chi connectivity index (χ1v) is 8.25. The number of anilines is 3. The molecule has 3 aromatic rings. The van der Waals surface area contributed by atoms with E-state index in [0.717, 1.165) is 0 Å². The monoisotopic (exact) mass is 348 g/mol. The summed E-state index contributed by atoms with van der Waals surface area (Å²) in [5.41, 5.74) is 3.26. The van der Waals surface area contributed by atoms with Gasteiger partial charge in [-0.3, -0.25) is 0 Å². The van der Waals surface area contributed by atoms with E-state index in [0.29, 0.717) is 29.7 Å². The Morgan fingerprint density at radius 1 is 1.00 bits per heavy atom. The Morgan fingerprint density at radius 2 is 1.77 bits per heavy atom. The number of aromatic carboxylic acids is 1. The molecule has 0 spiro atoms. The zero-order chi connectivity index (χ0) is 18.5. The van der Waals surface area contributed by atoms with Gasteiger partial charge in [-0.05, 0) is 37.6 Å². The van der Waals surface area contributed by atoms with Gasteiger partial charge in [0.15, 0.2) is 0 Å². The molecule has 0 bridgehead atoms. The van der Waals surface area contributed by atoms with E-state index < -0.39 is 5.97 Å². The molecule has 0 aliphatic heterocycles. The van der Waals surface area contributed by atoms with E-state index in [2.05, 4.69) is 45.7 Å². The topological polar surface area (TPSA) is 87.1 Å². The third kappa shape index (κ3) is 4.57. The fourth-order valence-corrected chi connectivity index (χ4v) is 2.61. The smallest absolute Gasteiger partial charge is 0.335 e. The number of carbonyl (C=O) groups is 1. The van der Waals surface area contributed by atoms with Gasteiger partial charge in [0, 0.05) is 18.3 Å². The molecule has 0 amide bonds. The number of carboxylic acid groups (broad SMARTS) is 1. The maximum absolute atomic E-state index is 11.1. The van der Waals surface area contributed by atoms with Gasteiger partial charge in [0.05, 0.1) is 5.56 Å². The Bertz CT molecular complexity index is 941. The molecule has 3 rings (SSSR count). The fraction of sp³-hybridized carbons (Fsp3) is 0.150. The van der Waals surface area contributed by atoms with Crippen LogP contribution in [0.25, 0.3) is 0 Å². The molecule has 6 nitrogen and oxygen atoms in total. The first kappa shape index (κ1) is 17.4. The maximum Gasteiger partial charge on any atom is 0.335 e. The molecule has 26 heavy (non-hydrogen) atoms. The van der Waals surface area contributed by atoms with Crippen LogP contribution in [0.4, 0.5) is 17.3 Å². The normalized spacial score (nSPS) is 10.4. The molecule has 0 saturated heterocycles. The summed E-state index contributed by atoms with van der Waals surface area (Å²) in [5.74, 6) is 0.965. The Hall–Kier alpha value is -3.41. The van der Waals surface area contributed by atoms with Crippen LogP contribution in [0.15, 0.2) is 54.6 Å². The molecule has 0 aliphatic rings. The Labute approximate surface area is 152 Å². The SMILES string of the molecule is Cc1cccc(CNc2cc(Nc3cccc(C(=O)O)c3)nc(C)n2)c1. The zero-order valence-electron chi connectivity index (χ0n) is 14.7. The van der Waals surface area contributed by atoms with Crippen LogP contribution in [0.5, 0.6) is 0 Å². The van der Waals surface area contributed by atoms with Gasteiger partial charge in [-0.25, -0.2) is 14.8 Å². The summed E-state index contributed by atoms with van der Waals surface area (Å²) < 4.78 is 0. The quantitative estimate of drug-likeness (QED) is 0.620. The number of nitrogens with one attached hydrogen (secondary N) is 2. The van der Waals surface area contributed by atoms with Crippen LogP contribution in [0.2, 0.25) is 0 Å². The second kappa shape index (κ2) is 7.65. The summed E-state index contributed by atoms with van der Waals surface area (Å²) in [6.07, 6.45) is 0. The van der Waals surface area contributed by atoms with Crippen LogP contribution in [0.3, 0.4) is 0 Å². The van der Waals surface area contributed by atoms with Gasteiger partial charge in [0.1, 0.15) is 17.5 Å². The summed E-state index contributed by atoms with van der Waals surface area (Å²) in [6, 6.07) is 16.7. The summed E-state index contributed by atoms with van der Waals surface area (Å²) in [4.78, 5) is 19.9. The number of hydrogen-bond donors (Lipinski definition) is 3. The minimum absolute atomic E-state index is 0.221. The number of aryl methyl sites for hydroxylation is 2. The molecule has 2 aromatic carbocycles. The minimum Gasteiger partial charge on any atom is -0.478 e. The summed E-state index contributed by atoms with van der Waals surface area (Å²) in [6.45, 7) is 4.54. The Balaban J connectivity index is 1.75. The zero-order valence-corrected chi connectivity index (χ0v) is 14.7. The molecule has 0 radical (unpaired) electrons. The number of rotatable bonds is 6. The highest BCUT2D eigenvalue weighted by atomic mass is 16.4. The molecule has 1 aromatic heterocycles. The van der Waals surface area contributed by atoms with Crippen molar-refractivity contribution in [2.45, 2.75) is 20.4 Å². The van der Waals surface area contributed by atoms with Crippen LogP contribution in [0.1, 0.15) is 27.3 Å². The van der Waals surface area contributed by atoms with Gasteiger partial charge in [-0.15, -0.1) is 0 Å². The van der Waals surface area contributed by atoms with Crippen LogP contribution in [0, 0.1) is 13.8 Å². The lowest BCUT2D eigenvalue weighted by Crippen LogP contribution is -2.05. The van der Waals surface area contributed by atoms with Gasteiger partial charge in [0.25, 0.3) is 0 Å². The summed E-state index contributed by atoms with van der Waals surface area (Å²) in [5, 5.41) is 15.5. The van der Waals surface area contributed by atoms with Crippen LogP contribution < -0.4 is 10.6 Å². The second-order valence-corrected chi connectivity index (χ2v) is 6.04. The van der Waals surface area contributed by atoms with E-state index >= 15 is 0 Å². The highest BCUT2D eigenvalue weighted by molar-refractivity contribution is 5.89. The van der Waals surface area contributed by atoms with Crippen molar-refractivity contribution in [3.63, 3.8) is 0 Å². The molecule has 0 atom stereocenters. The first-order chi connectivity index (χ1) is 12.5. The largest absolute Gasteiger partial charge is 0.478 e. The van der Waals surface area contributed by atoms with Crippen molar-refractivity contribution in [3.8, 4) is 0 Å². The van der Waals surface area contributed by atoms with Crippen molar-refractivity contribution in [1.82, 2.24) is 9.97 Å². The van der Waals surface area contributed by atoms with Gasteiger partial charge in [-0.1, -0.05) is 35.9 Å². The molecule has 0 saturated carbocycles. The van der Waals surface area contributed by atoms with Crippen molar-refractivity contribution in [3.05, 3.63) is 77.1 Å². The van der Waals surface area contributed by atoms with Crippen molar-refractivity contribution in [2.24, 2.45) is 0 Å². The number of nitrogens with zero attached hydrogens (tertiary/aromatic N) is 2. The van der Waals surface area contributed by atoms with Gasteiger partial charge < -0.3 is 15.7 Å². The average molecular weight is 348 g/mol. The van der Waals surface area contributed by atoms with Crippen molar-refractivity contribution in [2.75, 3.05) is 10.6 Å². The summed E-state index contributed by atoms with van der Waals surface area (Å²) in [7, 11) is 0. The highest BCUT2D eigenvalue weighted by Gasteiger charge is 2.06. The third-order valence-corrected chi connectivity index (χ3v) is 3.78. The lowest BCUT2D eigenvalue weighted by atomic mass is 10.1. The number of hydrogen-bond acceptors (Lipinski definition) is 5. The predicted octanol–water partition coefficient (Wildman–Crippen LogP) is 4.15. The molecular formula is C20H20N4O2. The van der Waals surface area contributed by atoms with E-state index in [-0.39, 0.29) is 5.56 Å². The number of carboxylic acids is 1. The highest BCUT2D eigenvalue weighted by Crippen LogP contribution is 2.19. The lowest BCUT2D eigenvalue weighted by molar-refractivity contribution is 0.0697. The summed E-state index contributed by atoms with van der Waals surface area (Å²) >= 11 is 0. The molecule has 0 aliphatic carbocycles. The molecular weight excluding hydrogens is 328 g/mol. The number of aromatic nitrogens is 2. The van der Waals surface area contributed by atoms with Crippen LogP contribution in [-0.2, 0) is 6.54 Å². The molecule has 132 valence electrons. The molecule has 1 heterocycles. The van der Waals surface area contributed by atoms with Gasteiger partial charge in [-0.2, -0.15) is 0 Å². The van der Waals surface area contributed by atoms with Crippen molar-refractivity contribution in [1.29, 1.82) is 0 Å².